The lowest BCUT2D eigenvalue weighted by Gasteiger charge is -2.16. The number of phenols is 1. The van der Waals surface area contributed by atoms with Crippen LogP contribution >= 0.6 is 0 Å². The Hall–Kier alpha value is -3.08. The summed E-state index contributed by atoms with van der Waals surface area (Å²) in [6.07, 6.45) is 10.4. The van der Waals surface area contributed by atoms with Gasteiger partial charge in [0.05, 0.1) is 29.1 Å². The highest BCUT2D eigenvalue weighted by atomic mass is 16.5. The zero-order chi connectivity index (χ0) is 20.6. The molecular formula is C24H28N2O3. The number of nitrogens with two attached hydrogens (primary N) is 1. The van der Waals surface area contributed by atoms with Crippen LogP contribution in [0.3, 0.4) is 0 Å². The second-order valence-electron chi connectivity index (χ2n) is 7.23. The largest absolute Gasteiger partial charge is 0.507 e. The maximum atomic E-state index is 12.2. The molecule has 0 saturated carbocycles. The van der Waals surface area contributed by atoms with E-state index in [-0.39, 0.29) is 11.5 Å². The minimum atomic E-state index is -0.231. The summed E-state index contributed by atoms with van der Waals surface area (Å²) in [6, 6.07) is 10.5. The summed E-state index contributed by atoms with van der Waals surface area (Å²) < 4.78 is 5.80. The number of carbonyl (C=O) groups is 1. The summed E-state index contributed by atoms with van der Waals surface area (Å²) in [7, 11) is 0. The topological polar surface area (TPSA) is 84.9 Å². The van der Waals surface area contributed by atoms with Crippen LogP contribution in [0.4, 0.5) is 11.4 Å². The number of phenolic OH excluding ortho intramolecular Hbond substituents is 1. The highest BCUT2D eigenvalue weighted by Gasteiger charge is 2.23. The van der Waals surface area contributed by atoms with E-state index in [1.165, 1.54) is 50.3 Å². The average Bonchev–Trinajstić information content (AvgIpc) is 2.72. The van der Waals surface area contributed by atoms with E-state index < -0.39 is 0 Å². The zero-order valence-electron chi connectivity index (χ0n) is 16.9. The van der Waals surface area contributed by atoms with Gasteiger partial charge in [-0.05, 0) is 55.0 Å². The van der Waals surface area contributed by atoms with Gasteiger partial charge in [0.25, 0.3) is 0 Å². The molecule has 0 unspecified atom stereocenters. The Balaban J connectivity index is 1.64. The summed E-state index contributed by atoms with van der Waals surface area (Å²) >= 11 is 0. The van der Waals surface area contributed by atoms with Crippen LogP contribution in [0.2, 0.25) is 0 Å². The normalized spacial score (nSPS) is 14.2. The molecule has 5 heteroatoms. The number of ketones is 1. The molecule has 0 aromatic heterocycles. The first-order chi connectivity index (χ1) is 14.1. The first-order valence-electron chi connectivity index (χ1n) is 10.3. The highest BCUT2D eigenvalue weighted by molar-refractivity contribution is 6.27. The molecule has 0 atom stereocenters. The molecule has 0 spiro atoms. The molecule has 1 aliphatic carbocycles. The predicted molar refractivity (Wildman–Crippen MR) is 117 cm³/mol. The van der Waals surface area contributed by atoms with Crippen molar-refractivity contribution in [2.75, 3.05) is 12.3 Å². The van der Waals surface area contributed by atoms with Gasteiger partial charge in [0.2, 0.25) is 0 Å². The zero-order valence-corrected chi connectivity index (χ0v) is 16.9. The molecule has 5 nitrogen and oxygen atoms in total. The molecule has 3 rings (SSSR count). The van der Waals surface area contributed by atoms with Gasteiger partial charge in [-0.15, -0.1) is 0 Å². The van der Waals surface area contributed by atoms with E-state index >= 15 is 0 Å². The van der Waals surface area contributed by atoms with E-state index in [2.05, 4.69) is 11.9 Å². The van der Waals surface area contributed by atoms with Crippen molar-refractivity contribution in [1.82, 2.24) is 0 Å². The Bertz CT molecular complexity index is 914. The van der Waals surface area contributed by atoms with Crippen molar-refractivity contribution in [2.45, 2.75) is 45.4 Å². The molecule has 0 aliphatic heterocycles. The van der Waals surface area contributed by atoms with Crippen LogP contribution in [0.25, 0.3) is 0 Å². The van der Waals surface area contributed by atoms with E-state index in [0.717, 1.165) is 12.2 Å². The van der Waals surface area contributed by atoms with E-state index in [9.17, 15) is 9.90 Å². The summed E-state index contributed by atoms with van der Waals surface area (Å²) in [5, 5.41) is 10.2. The van der Waals surface area contributed by atoms with Crippen LogP contribution in [-0.4, -0.2) is 23.2 Å². The number of ether oxygens (including phenoxy) is 1. The number of hydrogen-bond donors (Lipinski definition) is 2. The number of allylic oxidation sites excluding steroid dienone is 2. The molecule has 0 heterocycles. The Labute approximate surface area is 171 Å². The summed E-state index contributed by atoms with van der Waals surface area (Å²) in [6.45, 7) is 2.93. The molecular weight excluding hydrogens is 364 g/mol. The quantitative estimate of drug-likeness (QED) is 0.331. The van der Waals surface area contributed by atoms with Crippen molar-refractivity contribution in [3.05, 3.63) is 59.7 Å². The third-order valence-corrected chi connectivity index (χ3v) is 4.96. The number of anilines is 1. The maximum absolute atomic E-state index is 12.2. The number of nitrogen functional groups attached to an aromatic ring is 1. The van der Waals surface area contributed by atoms with Crippen LogP contribution < -0.4 is 10.5 Å². The SMILES string of the molecule is CCCCCCCCOc1ccc(N=C2C=CC(=O)c3c(N)ccc(O)c32)cc1. The fourth-order valence-corrected chi connectivity index (χ4v) is 3.38. The Morgan fingerprint density at radius 2 is 1.66 bits per heavy atom. The number of aliphatic imine (C=N–C) groups is 1. The van der Waals surface area contributed by atoms with Crippen molar-refractivity contribution in [2.24, 2.45) is 4.99 Å². The Morgan fingerprint density at radius 3 is 2.41 bits per heavy atom. The number of benzene rings is 2. The lowest BCUT2D eigenvalue weighted by atomic mass is 9.92. The Morgan fingerprint density at radius 1 is 0.931 bits per heavy atom. The lowest BCUT2D eigenvalue weighted by molar-refractivity contribution is 0.104. The minimum absolute atomic E-state index is 0.00969. The molecule has 0 saturated heterocycles. The van der Waals surface area contributed by atoms with Gasteiger partial charge in [0.15, 0.2) is 5.78 Å². The molecule has 0 radical (unpaired) electrons. The molecule has 152 valence electrons. The van der Waals surface area contributed by atoms with Gasteiger partial charge in [-0.2, -0.15) is 0 Å². The summed E-state index contributed by atoms with van der Waals surface area (Å²) in [5.41, 5.74) is 8.15. The second kappa shape index (κ2) is 9.92. The van der Waals surface area contributed by atoms with Crippen LogP contribution in [0.5, 0.6) is 11.5 Å². The predicted octanol–water partition coefficient (Wildman–Crippen LogP) is 5.59. The van der Waals surface area contributed by atoms with Gasteiger partial charge in [-0.3, -0.25) is 4.79 Å². The third kappa shape index (κ3) is 5.25. The smallest absolute Gasteiger partial charge is 0.188 e. The Kier molecular flexibility index (Phi) is 7.06. The number of rotatable bonds is 9. The first-order valence-corrected chi connectivity index (χ1v) is 10.3. The second-order valence-corrected chi connectivity index (χ2v) is 7.23. The number of carbonyl (C=O) groups excluding carboxylic acids is 1. The van der Waals surface area contributed by atoms with Crippen molar-refractivity contribution in [3.8, 4) is 11.5 Å². The fourth-order valence-electron chi connectivity index (χ4n) is 3.38. The van der Waals surface area contributed by atoms with Gasteiger partial charge in [0.1, 0.15) is 11.5 Å². The monoisotopic (exact) mass is 392 g/mol. The maximum Gasteiger partial charge on any atom is 0.188 e. The fraction of sp³-hybridized carbons (Fsp3) is 0.333. The molecule has 0 amide bonds. The van der Waals surface area contributed by atoms with Gasteiger partial charge in [0, 0.05) is 5.69 Å². The number of fused-ring (bicyclic) bond motifs is 1. The third-order valence-electron chi connectivity index (χ3n) is 4.96. The van der Waals surface area contributed by atoms with Gasteiger partial charge >= 0.3 is 0 Å². The van der Waals surface area contributed by atoms with Gasteiger partial charge in [-0.1, -0.05) is 39.0 Å². The average molecular weight is 392 g/mol. The number of nitrogens with zero attached hydrogens (tertiary/aromatic N) is 1. The standard InChI is InChI=1S/C24H28N2O3/c1-2-3-4-5-6-7-16-29-18-10-8-17(9-11-18)26-20-13-15-21(27)23-19(25)12-14-22(28)24(20)23/h8-15,28H,2-7,16,25H2,1H3. The minimum Gasteiger partial charge on any atom is -0.507 e. The summed E-state index contributed by atoms with van der Waals surface area (Å²) in [4.78, 5) is 16.7. The van der Waals surface area contributed by atoms with Gasteiger partial charge < -0.3 is 15.6 Å². The van der Waals surface area contributed by atoms with E-state index in [4.69, 9.17) is 10.5 Å². The van der Waals surface area contributed by atoms with Crippen LogP contribution in [0.15, 0.2) is 53.5 Å². The summed E-state index contributed by atoms with van der Waals surface area (Å²) in [5.74, 6) is 0.569. The number of unbranched alkanes of at least 4 members (excludes halogenated alkanes) is 5. The molecule has 1 aliphatic rings. The van der Waals surface area contributed by atoms with E-state index in [0.29, 0.717) is 34.8 Å². The van der Waals surface area contributed by atoms with Crippen molar-refractivity contribution < 1.29 is 14.6 Å². The lowest BCUT2D eigenvalue weighted by Crippen LogP contribution is -2.15. The van der Waals surface area contributed by atoms with Crippen LogP contribution in [0.1, 0.15) is 61.4 Å². The molecule has 2 aromatic carbocycles. The van der Waals surface area contributed by atoms with E-state index in [1.807, 2.05) is 24.3 Å². The number of aromatic hydroxyl groups is 1. The molecule has 29 heavy (non-hydrogen) atoms. The van der Waals surface area contributed by atoms with Crippen molar-refractivity contribution >= 4 is 22.9 Å². The molecule has 0 bridgehead atoms. The molecule has 2 aromatic rings. The van der Waals surface area contributed by atoms with E-state index in [1.54, 1.807) is 6.08 Å². The highest BCUT2D eigenvalue weighted by Crippen LogP contribution is 2.32. The van der Waals surface area contributed by atoms with Gasteiger partial charge in [-0.25, -0.2) is 4.99 Å². The first kappa shape index (κ1) is 20.6. The molecule has 0 fully saturated rings. The van der Waals surface area contributed by atoms with Crippen LogP contribution in [-0.2, 0) is 0 Å². The number of hydrogen-bond acceptors (Lipinski definition) is 5. The molecule has 3 N–H and O–H groups in total. The van der Waals surface area contributed by atoms with Crippen LogP contribution in [0, 0.1) is 0 Å². The van der Waals surface area contributed by atoms with Crippen molar-refractivity contribution in [1.29, 1.82) is 0 Å². The van der Waals surface area contributed by atoms with Crippen molar-refractivity contribution in [3.63, 3.8) is 0 Å².